The highest BCUT2D eigenvalue weighted by Gasteiger charge is 2.22. The Bertz CT molecular complexity index is 724. The van der Waals surface area contributed by atoms with Crippen LogP contribution in [-0.4, -0.2) is 21.7 Å². The van der Waals surface area contributed by atoms with Crippen LogP contribution < -0.4 is 10.0 Å². The van der Waals surface area contributed by atoms with Gasteiger partial charge in [0, 0.05) is 22.0 Å². The molecule has 0 aliphatic carbocycles. The molecule has 0 unspecified atom stereocenters. The molecule has 114 valence electrons. The summed E-state index contributed by atoms with van der Waals surface area (Å²) in [6, 6.07) is 7.39. The number of thiophene rings is 1. The van der Waals surface area contributed by atoms with Crippen LogP contribution in [0.5, 0.6) is 0 Å². The first-order valence-electron chi connectivity index (χ1n) is 6.36. The Morgan fingerprint density at radius 2 is 2.10 bits per heavy atom. The first-order chi connectivity index (χ1) is 9.97. The summed E-state index contributed by atoms with van der Waals surface area (Å²) in [6.45, 7) is 2.36. The molecule has 2 aromatic rings. The summed E-state index contributed by atoms with van der Waals surface area (Å²) in [5.74, 6) is 0. The van der Waals surface area contributed by atoms with Gasteiger partial charge in [0.2, 0.25) is 0 Å². The Labute approximate surface area is 134 Å². The molecule has 0 fully saturated rings. The van der Waals surface area contributed by atoms with E-state index in [0.717, 1.165) is 15.3 Å². The average Bonchev–Trinajstić information content (AvgIpc) is 2.81. The third-order valence-electron chi connectivity index (χ3n) is 2.92. The van der Waals surface area contributed by atoms with Gasteiger partial charge in [-0.05, 0) is 49.4 Å². The Morgan fingerprint density at radius 1 is 1.33 bits per heavy atom. The topological polar surface area (TPSA) is 58.2 Å². The Hall–Kier alpha value is -1.02. The van der Waals surface area contributed by atoms with Gasteiger partial charge < -0.3 is 5.32 Å². The summed E-state index contributed by atoms with van der Waals surface area (Å²) in [4.78, 5) is 2.23. The van der Waals surface area contributed by atoms with Gasteiger partial charge in [0.15, 0.2) is 0 Å². The van der Waals surface area contributed by atoms with Crippen molar-refractivity contribution in [2.45, 2.75) is 23.3 Å². The van der Waals surface area contributed by atoms with E-state index < -0.39 is 10.0 Å². The second kappa shape index (κ2) is 6.83. The summed E-state index contributed by atoms with van der Waals surface area (Å²) in [7, 11) is -1.76. The van der Waals surface area contributed by atoms with E-state index in [1.807, 2.05) is 36.8 Å². The number of thioether (sulfide) groups is 1. The van der Waals surface area contributed by atoms with Crippen LogP contribution >= 0.6 is 23.1 Å². The molecule has 0 radical (unpaired) electrons. The molecule has 0 atom stereocenters. The quantitative estimate of drug-likeness (QED) is 0.791. The summed E-state index contributed by atoms with van der Waals surface area (Å²) in [5, 5.41) is 4.88. The molecule has 7 heteroatoms. The van der Waals surface area contributed by atoms with Crippen LogP contribution in [0.25, 0.3) is 0 Å². The first-order valence-corrected chi connectivity index (χ1v) is 9.95. The van der Waals surface area contributed by atoms with E-state index in [1.165, 1.54) is 11.3 Å². The van der Waals surface area contributed by atoms with Gasteiger partial charge >= 0.3 is 0 Å². The molecule has 2 N–H and O–H groups in total. The lowest BCUT2D eigenvalue weighted by atomic mass is 10.3. The van der Waals surface area contributed by atoms with Crippen LogP contribution in [0, 0.1) is 6.92 Å². The zero-order valence-corrected chi connectivity index (χ0v) is 14.6. The molecule has 1 heterocycles. The third-order valence-corrected chi connectivity index (χ3v) is 6.49. The van der Waals surface area contributed by atoms with Crippen molar-refractivity contribution in [1.29, 1.82) is 0 Å². The Kier molecular flexibility index (Phi) is 5.32. The van der Waals surface area contributed by atoms with E-state index in [2.05, 4.69) is 10.0 Å². The molecule has 0 aliphatic heterocycles. The smallest absolute Gasteiger partial charge is 0.263 e. The number of hydrogen-bond donors (Lipinski definition) is 2. The Morgan fingerprint density at radius 3 is 2.76 bits per heavy atom. The monoisotopic (exact) mass is 342 g/mol. The minimum Gasteiger partial charge on any atom is -0.315 e. The van der Waals surface area contributed by atoms with E-state index in [0.29, 0.717) is 17.1 Å². The lowest BCUT2D eigenvalue weighted by molar-refractivity contribution is 0.599. The second-order valence-electron chi connectivity index (χ2n) is 4.54. The minimum absolute atomic E-state index is 0.386. The van der Waals surface area contributed by atoms with Crippen molar-refractivity contribution in [3.63, 3.8) is 0 Å². The lowest BCUT2D eigenvalue weighted by Gasteiger charge is -2.11. The molecule has 1 aromatic carbocycles. The van der Waals surface area contributed by atoms with Gasteiger partial charge in [0.25, 0.3) is 10.0 Å². The number of benzene rings is 1. The van der Waals surface area contributed by atoms with Gasteiger partial charge in [0.05, 0.1) is 0 Å². The fourth-order valence-electron chi connectivity index (χ4n) is 2.02. The van der Waals surface area contributed by atoms with Gasteiger partial charge in [-0.15, -0.1) is 23.1 Å². The molecule has 4 nitrogen and oxygen atoms in total. The largest absolute Gasteiger partial charge is 0.315 e. The molecule has 0 amide bonds. The first kappa shape index (κ1) is 16.4. The van der Waals surface area contributed by atoms with Gasteiger partial charge in [-0.3, -0.25) is 4.72 Å². The van der Waals surface area contributed by atoms with Crippen LogP contribution in [0.1, 0.15) is 10.4 Å². The normalized spacial score (nSPS) is 11.6. The van der Waals surface area contributed by atoms with Gasteiger partial charge in [0.1, 0.15) is 4.90 Å². The molecular weight excluding hydrogens is 324 g/mol. The summed E-state index contributed by atoms with van der Waals surface area (Å²) >= 11 is 3.04. The summed E-state index contributed by atoms with van der Waals surface area (Å²) < 4.78 is 28.0. The molecule has 2 rings (SSSR count). The van der Waals surface area contributed by atoms with Gasteiger partial charge in [-0.25, -0.2) is 8.42 Å². The van der Waals surface area contributed by atoms with E-state index in [4.69, 9.17) is 0 Å². The van der Waals surface area contributed by atoms with Crippen LogP contribution in [0.3, 0.4) is 0 Å². The van der Waals surface area contributed by atoms with E-state index in [9.17, 15) is 8.42 Å². The predicted molar refractivity (Wildman–Crippen MR) is 90.9 cm³/mol. The zero-order chi connectivity index (χ0) is 15.5. The highest BCUT2D eigenvalue weighted by molar-refractivity contribution is 7.98. The molecule has 1 aromatic heterocycles. The average molecular weight is 343 g/mol. The van der Waals surface area contributed by atoms with Gasteiger partial charge in [-0.2, -0.15) is 0 Å². The third kappa shape index (κ3) is 3.79. The molecule has 0 spiro atoms. The molecule has 21 heavy (non-hydrogen) atoms. The maximum absolute atomic E-state index is 12.6. The maximum atomic E-state index is 12.6. The van der Waals surface area contributed by atoms with Crippen molar-refractivity contribution >= 4 is 38.8 Å². The van der Waals surface area contributed by atoms with Crippen LogP contribution in [0.4, 0.5) is 5.69 Å². The number of nitrogens with one attached hydrogen (secondary N) is 2. The van der Waals surface area contributed by atoms with Crippen LogP contribution in [0.2, 0.25) is 0 Å². The fourth-order valence-corrected chi connectivity index (χ4v) is 5.36. The van der Waals surface area contributed by atoms with Crippen LogP contribution in [0.15, 0.2) is 39.4 Å². The molecule has 0 aliphatic rings. The number of anilines is 1. The predicted octanol–water partition coefficient (Wildman–Crippen LogP) is 3.30. The highest BCUT2D eigenvalue weighted by atomic mass is 32.2. The van der Waals surface area contributed by atoms with E-state index in [-0.39, 0.29) is 0 Å². The fraction of sp³-hybridized carbons (Fsp3) is 0.286. The highest BCUT2D eigenvalue weighted by Crippen LogP contribution is 2.29. The molecule has 0 bridgehead atoms. The van der Waals surface area contributed by atoms with E-state index >= 15 is 0 Å². The number of rotatable bonds is 6. The van der Waals surface area contributed by atoms with Crippen molar-refractivity contribution in [2.75, 3.05) is 18.0 Å². The number of aryl methyl sites for hydroxylation is 1. The Balaban J connectivity index is 2.36. The molecular formula is C14H18N2O2S3. The summed E-state index contributed by atoms with van der Waals surface area (Å²) in [5.41, 5.74) is 1.36. The van der Waals surface area contributed by atoms with Crippen LogP contribution in [-0.2, 0) is 16.6 Å². The maximum Gasteiger partial charge on any atom is 0.263 e. The summed E-state index contributed by atoms with van der Waals surface area (Å²) in [6.07, 6.45) is 1.96. The van der Waals surface area contributed by atoms with Crippen molar-refractivity contribution in [2.24, 2.45) is 0 Å². The minimum atomic E-state index is -3.57. The zero-order valence-electron chi connectivity index (χ0n) is 12.1. The standard InChI is InChI=1S/C14H18N2O2S3/c1-10-9-20-13(8-15-2)14(10)21(17,18)16-11-5-4-6-12(7-11)19-3/h4-7,9,15-16H,8H2,1-3H3. The van der Waals surface area contributed by atoms with E-state index in [1.54, 1.807) is 24.9 Å². The SMILES string of the molecule is CNCc1scc(C)c1S(=O)(=O)Nc1cccc(SC)c1. The molecule has 0 saturated carbocycles. The number of sulfonamides is 1. The lowest BCUT2D eigenvalue weighted by Crippen LogP contribution is -2.16. The number of hydrogen-bond acceptors (Lipinski definition) is 5. The van der Waals surface area contributed by atoms with Crippen molar-refractivity contribution in [1.82, 2.24) is 5.32 Å². The molecule has 0 saturated heterocycles. The second-order valence-corrected chi connectivity index (χ2v) is 8.00. The van der Waals surface area contributed by atoms with Crippen molar-refractivity contribution in [3.8, 4) is 0 Å². The van der Waals surface area contributed by atoms with Crippen molar-refractivity contribution < 1.29 is 8.42 Å². The van der Waals surface area contributed by atoms with Gasteiger partial charge in [-0.1, -0.05) is 6.07 Å². The van der Waals surface area contributed by atoms with Crippen molar-refractivity contribution in [3.05, 3.63) is 40.1 Å².